The number of carbonyl (C=O) groups excluding carboxylic acids is 1. The lowest BCUT2D eigenvalue weighted by atomic mass is 9.84. The summed E-state index contributed by atoms with van der Waals surface area (Å²) in [5.41, 5.74) is 1.20. The lowest BCUT2D eigenvalue weighted by Crippen LogP contribution is -2.43. The van der Waals surface area contributed by atoms with E-state index in [0.29, 0.717) is 41.3 Å². The summed E-state index contributed by atoms with van der Waals surface area (Å²) < 4.78 is 37.9. The zero-order chi connectivity index (χ0) is 28.5. The van der Waals surface area contributed by atoms with Gasteiger partial charge in [-0.05, 0) is 74.9 Å². The number of amides is 1. The molecule has 1 aliphatic carbocycles. The largest absolute Gasteiger partial charge is 0.461 e. The molecular formula is C33H33F2N5O2. The molecule has 1 unspecified atom stereocenters. The summed E-state index contributed by atoms with van der Waals surface area (Å²) in [5.74, 6) is -0.919. The van der Waals surface area contributed by atoms with Gasteiger partial charge in [0.15, 0.2) is 5.82 Å². The topological polar surface area (TPSA) is 80.2 Å². The van der Waals surface area contributed by atoms with Crippen LogP contribution >= 0.6 is 0 Å². The highest BCUT2D eigenvalue weighted by molar-refractivity contribution is 5.98. The zero-order valence-corrected chi connectivity index (χ0v) is 23.5. The number of pyridine rings is 1. The lowest BCUT2D eigenvalue weighted by molar-refractivity contribution is -0.119. The Labute approximate surface area is 242 Å². The molecule has 1 N–H and O–H groups in total. The van der Waals surface area contributed by atoms with Crippen LogP contribution in [0.4, 0.5) is 8.78 Å². The van der Waals surface area contributed by atoms with Crippen LogP contribution in [0, 0.1) is 17.0 Å². The average Bonchev–Trinajstić information content (AvgIpc) is 3.77. The molecule has 8 rings (SSSR count). The summed E-state index contributed by atoms with van der Waals surface area (Å²) >= 11 is 0. The molecule has 2 atom stereocenters. The van der Waals surface area contributed by atoms with E-state index in [9.17, 15) is 4.79 Å². The van der Waals surface area contributed by atoms with Gasteiger partial charge in [0.1, 0.15) is 23.6 Å². The van der Waals surface area contributed by atoms with Crippen molar-refractivity contribution in [1.29, 1.82) is 0 Å². The Morgan fingerprint density at radius 2 is 1.86 bits per heavy atom. The second-order valence-corrected chi connectivity index (χ2v) is 12.8. The number of rotatable bonds is 5. The molecule has 1 spiro atoms. The number of hydrogen-bond acceptors (Lipinski definition) is 6. The van der Waals surface area contributed by atoms with E-state index in [1.807, 2.05) is 0 Å². The quantitative estimate of drug-likeness (QED) is 0.322. The molecule has 3 aliphatic heterocycles. The van der Waals surface area contributed by atoms with Crippen LogP contribution in [0.25, 0.3) is 32.9 Å². The van der Waals surface area contributed by atoms with Crippen LogP contribution in [0.1, 0.15) is 63.0 Å². The van der Waals surface area contributed by atoms with E-state index in [1.165, 1.54) is 6.07 Å². The fraction of sp³-hybridized carbons (Fsp3) is 0.455. The molecule has 5 heterocycles. The number of halogens is 2. The minimum atomic E-state index is -0.608. The first-order valence-corrected chi connectivity index (χ1v) is 15.1. The van der Waals surface area contributed by atoms with Gasteiger partial charge in [0, 0.05) is 41.4 Å². The minimum Gasteiger partial charge on any atom is -0.461 e. The molecule has 4 aromatic rings. The minimum absolute atomic E-state index is 0.00575. The van der Waals surface area contributed by atoms with Crippen molar-refractivity contribution >= 4 is 27.6 Å². The van der Waals surface area contributed by atoms with Crippen LogP contribution in [0.2, 0.25) is 0 Å². The number of hydrogen-bond donors (Lipinski definition) is 1. The molecule has 4 aliphatic rings. The summed E-state index contributed by atoms with van der Waals surface area (Å²) in [7, 11) is 0. The van der Waals surface area contributed by atoms with Crippen LogP contribution in [0.5, 0.6) is 6.01 Å². The molecular weight excluding hydrogens is 536 g/mol. The molecule has 2 aromatic carbocycles. The third kappa shape index (κ3) is 4.07. The van der Waals surface area contributed by atoms with Crippen LogP contribution < -0.4 is 10.1 Å². The van der Waals surface area contributed by atoms with Crippen LogP contribution in [-0.4, -0.2) is 57.5 Å². The molecule has 1 amide bonds. The van der Waals surface area contributed by atoms with Gasteiger partial charge in [-0.15, -0.1) is 0 Å². The van der Waals surface area contributed by atoms with E-state index in [2.05, 4.69) is 20.2 Å². The van der Waals surface area contributed by atoms with E-state index in [0.717, 1.165) is 63.7 Å². The number of fused-ring (bicyclic) bond motifs is 3. The predicted octanol–water partition coefficient (Wildman–Crippen LogP) is 5.90. The van der Waals surface area contributed by atoms with Gasteiger partial charge in [-0.1, -0.05) is 30.3 Å². The van der Waals surface area contributed by atoms with Gasteiger partial charge in [0.05, 0.1) is 11.2 Å². The van der Waals surface area contributed by atoms with Gasteiger partial charge in [0.2, 0.25) is 5.91 Å². The fourth-order valence-corrected chi connectivity index (χ4v) is 8.29. The highest BCUT2D eigenvalue weighted by atomic mass is 19.1. The normalized spacial score (nSPS) is 25.1. The number of aromatic nitrogens is 3. The van der Waals surface area contributed by atoms with E-state index < -0.39 is 11.6 Å². The predicted molar refractivity (Wildman–Crippen MR) is 155 cm³/mol. The van der Waals surface area contributed by atoms with E-state index in [4.69, 9.17) is 9.72 Å². The molecule has 42 heavy (non-hydrogen) atoms. The summed E-state index contributed by atoms with van der Waals surface area (Å²) in [6, 6.07) is 10.3. The number of carbonyl (C=O) groups is 1. The smallest absolute Gasteiger partial charge is 0.317 e. The fourth-order valence-electron chi connectivity index (χ4n) is 8.29. The van der Waals surface area contributed by atoms with Crippen molar-refractivity contribution < 1.29 is 18.3 Å². The SMILES string of the molecule is O=C1C[C@@]2(CCC(c3nc(OCC45CCCN4CCC5)nc4c(F)c(-c5cccc6cccc(F)c56)ncc34)C2)CN1. The van der Waals surface area contributed by atoms with Crippen molar-refractivity contribution in [2.24, 2.45) is 5.41 Å². The van der Waals surface area contributed by atoms with Gasteiger partial charge < -0.3 is 10.1 Å². The number of ether oxygens (including phenoxy) is 1. The Kier molecular flexibility index (Phi) is 5.97. The molecule has 1 saturated carbocycles. The first kappa shape index (κ1) is 25.9. The Bertz CT molecular complexity index is 1730. The standard InChI is InChI=1S/C33H33F2N5O2/c34-24-8-2-6-20-5-1-7-22(26(20)24)29-27(35)30-23(17-36-29)28(21-9-12-32(15-21)16-25(41)37-18-32)38-31(39-30)42-19-33-10-3-13-40(33)14-4-11-33/h1-2,5-8,17,21H,3-4,9-16,18-19H2,(H,37,41)/t21?,32-/m0/s1. The van der Waals surface area contributed by atoms with Gasteiger partial charge in [0.25, 0.3) is 0 Å². The average molecular weight is 570 g/mol. The lowest BCUT2D eigenvalue weighted by Gasteiger charge is -2.31. The monoisotopic (exact) mass is 569 g/mol. The summed E-state index contributed by atoms with van der Waals surface area (Å²) in [4.78, 5) is 28.7. The van der Waals surface area contributed by atoms with Crippen LogP contribution in [0.15, 0.2) is 42.6 Å². The molecule has 0 bridgehead atoms. The Balaban J connectivity index is 1.24. The third-order valence-corrected chi connectivity index (χ3v) is 10.4. The summed E-state index contributed by atoms with van der Waals surface area (Å²) in [6.07, 6.45) is 9.12. The Morgan fingerprint density at radius 3 is 2.64 bits per heavy atom. The molecule has 7 nitrogen and oxygen atoms in total. The molecule has 3 saturated heterocycles. The summed E-state index contributed by atoms with van der Waals surface area (Å²) in [5, 5.41) is 4.54. The van der Waals surface area contributed by atoms with Crippen molar-refractivity contribution in [3.8, 4) is 17.3 Å². The molecule has 2 aromatic heterocycles. The maximum Gasteiger partial charge on any atom is 0.317 e. The number of benzene rings is 2. The van der Waals surface area contributed by atoms with Crippen molar-refractivity contribution in [3.05, 3.63) is 59.9 Å². The van der Waals surface area contributed by atoms with Gasteiger partial charge in [-0.3, -0.25) is 14.7 Å². The zero-order valence-electron chi connectivity index (χ0n) is 23.5. The van der Waals surface area contributed by atoms with Gasteiger partial charge >= 0.3 is 6.01 Å². The second kappa shape index (κ2) is 9.66. The van der Waals surface area contributed by atoms with Crippen molar-refractivity contribution in [2.45, 2.75) is 62.8 Å². The second-order valence-electron chi connectivity index (χ2n) is 12.8. The van der Waals surface area contributed by atoms with E-state index in [1.54, 1.807) is 36.5 Å². The van der Waals surface area contributed by atoms with Gasteiger partial charge in [-0.25, -0.2) is 8.78 Å². The first-order valence-electron chi connectivity index (χ1n) is 15.1. The maximum absolute atomic E-state index is 16.6. The van der Waals surface area contributed by atoms with Crippen LogP contribution in [-0.2, 0) is 4.79 Å². The molecule has 4 fully saturated rings. The molecule has 216 valence electrons. The van der Waals surface area contributed by atoms with E-state index >= 15 is 8.78 Å². The summed E-state index contributed by atoms with van der Waals surface area (Å²) in [6.45, 7) is 3.29. The van der Waals surface area contributed by atoms with Crippen molar-refractivity contribution in [1.82, 2.24) is 25.2 Å². The van der Waals surface area contributed by atoms with Gasteiger partial charge in [-0.2, -0.15) is 9.97 Å². The Morgan fingerprint density at radius 1 is 1.05 bits per heavy atom. The van der Waals surface area contributed by atoms with E-state index in [-0.39, 0.29) is 40.0 Å². The third-order valence-electron chi connectivity index (χ3n) is 10.4. The van der Waals surface area contributed by atoms with Crippen molar-refractivity contribution in [2.75, 3.05) is 26.2 Å². The number of nitrogens with zero attached hydrogens (tertiary/aromatic N) is 4. The number of nitrogens with one attached hydrogen (secondary N) is 1. The van der Waals surface area contributed by atoms with Crippen molar-refractivity contribution in [3.63, 3.8) is 0 Å². The van der Waals surface area contributed by atoms with Crippen LogP contribution in [0.3, 0.4) is 0 Å². The Hall–Kier alpha value is -3.72. The molecule has 0 radical (unpaired) electrons. The maximum atomic E-state index is 16.6. The first-order chi connectivity index (χ1) is 20.4. The molecule has 9 heteroatoms. The highest BCUT2D eigenvalue weighted by Crippen LogP contribution is 2.51. The highest BCUT2D eigenvalue weighted by Gasteiger charge is 2.47.